The molecule has 2 N–H and O–H groups in total. The number of benzene rings is 2. The zero-order valence-electron chi connectivity index (χ0n) is 15.2. The molecule has 0 aliphatic carbocycles. The number of thiophene rings is 1. The van der Waals surface area contributed by atoms with Gasteiger partial charge < -0.3 is 10.1 Å². The second-order valence-electron chi connectivity index (χ2n) is 6.85. The molecule has 138 valence electrons. The molecule has 0 radical (unpaired) electrons. The normalized spacial score (nSPS) is 12.7. The van der Waals surface area contributed by atoms with Crippen LogP contribution in [0.4, 0.5) is 0 Å². The summed E-state index contributed by atoms with van der Waals surface area (Å²) in [5.74, 6) is 0.498. The lowest BCUT2D eigenvalue weighted by atomic mass is 9.91. The number of hydrogen-bond donors (Lipinski definition) is 2. The first-order valence-corrected chi connectivity index (χ1v) is 10.3. The molecule has 0 saturated heterocycles. The molecule has 3 nitrogen and oxygen atoms in total. The van der Waals surface area contributed by atoms with Gasteiger partial charge in [0.1, 0.15) is 4.70 Å². The number of H-pyrrole nitrogens is 1. The van der Waals surface area contributed by atoms with Crippen molar-refractivity contribution in [2.75, 3.05) is 0 Å². The van der Waals surface area contributed by atoms with Crippen molar-refractivity contribution in [3.05, 3.63) is 68.3 Å². The third-order valence-electron chi connectivity index (χ3n) is 5.29. The van der Waals surface area contributed by atoms with Crippen molar-refractivity contribution in [1.29, 1.82) is 0 Å². The summed E-state index contributed by atoms with van der Waals surface area (Å²) in [5.41, 5.74) is 4.46. The highest BCUT2D eigenvalue weighted by atomic mass is 35.5. The second-order valence-corrected chi connectivity index (χ2v) is 8.17. The van der Waals surface area contributed by atoms with E-state index in [1.807, 2.05) is 11.4 Å². The van der Waals surface area contributed by atoms with E-state index in [4.69, 9.17) is 11.6 Å². The number of aliphatic hydroxyl groups excluding tert-OH is 1. The summed E-state index contributed by atoms with van der Waals surface area (Å²) in [6.45, 7) is 4.27. The van der Waals surface area contributed by atoms with E-state index in [0.29, 0.717) is 21.2 Å². The summed E-state index contributed by atoms with van der Waals surface area (Å²) >= 11 is 7.86. The maximum atomic E-state index is 12.4. The Kier molecular flexibility index (Phi) is 4.81. The number of aromatic nitrogens is 1. The number of rotatable bonds is 4. The lowest BCUT2D eigenvalue weighted by Gasteiger charge is -2.16. The molecule has 4 rings (SSSR count). The van der Waals surface area contributed by atoms with Crippen LogP contribution in [-0.2, 0) is 6.61 Å². The quantitative estimate of drug-likeness (QED) is 0.439. The number of aliphatic hydroxyl groups is 1. The minimum Gasteiger partial charge on any atom is -0.392 e. The van der Waals surface area contributed by atoms with Crippen LogP contribution < -0.4 is 5.56 Å². The predicted molar refractivity (Wildman–Crippen MR) is 115 cm³/mol. The van der Waals surface area contributed by atoms with Gasteiger partial charge in [0.2, 0.25) is 0 Å². The van der Waals surface area contributed by atoms with Crippen LogP contribution in [0.1, 0.15) is 37.3 Å². The molecule has 27 heavy (non-hydrogen) atoms. The molecule has 5 heteroatoms. The van der Waals surface area contributed by atoms with Crippen molar-refractivity contribution in [1.82, 2.24) is 4.98 Å². The predicted octanol–water partition coefficient (Wildman–Crippen LogP) is 6.07. The molecular weight excluding hydrogens is 378 g/mol. The van der Waals surface area contributed by atoms with E-state index in [1.54, 1.807) is 6.07 Å². The molecule has 1 atom stereocenters. The molecule has 0 bridgehead atoms. The summed E-state index contributed by atoms with van der Waals surface area (Å²) in [5, 5.41) is 14.1. The number of pyridine rings is 1. The van der Waals surface area contributed by atoms with Crippen LogP contribution in [0.5, 0.6) is 0 Å². The zero-order valence-corrected chi connectivity index (χ0v) is 16.7. The molecule has 2 aromatic heterocycles. The van der Waals surface area contributed by atoms with E-state index in [9.17, 15) is 9.90 Å². The average Bonchev–Trinajstić information content (AvgIpc) is 3.18. The van der Waals surface area contributed by atoms with Crippen LogP contribution in [0.2, 0.25) is 5.02 Å². The fourth-order valence-corrected chi connectivity index (χ4v) is 4.68. The number of aromatic amines is 1. The third kappa shape index (κ3) is 2.98. The Morgan fingerprint density at radius 2 is 1.96 bits per heavy atom. The van der Waals surface area contributed by atoms with Crippen LogP contribution in [0.3, 0.4) is 0 Å². The Bertz CT molecular complexity index is 1190. The highest BCUT2D eigenvalue weighted by molar-refractivity contribution is 7.17. The van der Waals surface area contributed by atoms with Gasteiger partial charge in [0, 0.05) is 10.8 Å². The second kappa shape index (κ2) is 7.12. The van der Waals surface area contributed by atoms with E-state index in [1.165, 1.54) is 16.9 Å². The number of fused-ring (bicyclic) bond motifs is 3. The molecule has 0 saturated carbocycles. The minimum atomic E-state index is -0.135. The van der Waals surface area contributed by atoms with Crippen LogP contribution >= 0.6 is 22.9 Å². The zero-order chi connectivity index (χ0) is 19.1. The molecule has 0 aliphatic heterocycles. The van der Waals surface area contributed by atoms with Crippen molar-refractivity contribution in [3.8, 4) is 11.1 Å². The lowest BCUT2D eigenvalue weighted by molar-refractivity contribution is 0.282. The monoisotopic (exact) mass is 397 g/mol. The fourth-order valence-electron chi connectivity index (χ4n) is 3.61. The van der Waals surface area contributed by atoms with E-state index >= 15 is 0 Å². The fraction of sp³-hybridized carbons (Fsp3) is 0.227. The molecule has 0 aliphatic rings. The van der Waals surface area contributed by atoms with Gasteiger partial charge in [-0.2, -0.15) is 0 Å². The molecule has 2 heterocycles. The van der Waals surface area contributed by atoms with Crippen molar-refractivity contribution >= 4 is 43.9 Å². The van der Waals surface area contributed by atoms with Crippen LogP contribution in [0, 0.1) is 0 Å². The van der Waals surface area contributed by atoms with Gasteiger partial charge in [-0.15, -0.1) is 11.3 Å². The van der Waals surface area contributed by atoms with E-state index in [2.05, 4.69) is 43.1 Å². The number of hydrogen-bond acceptors (Lipinski definition) is 3. The van der Waals surface area contributed by atoms with Crippen molar-refractivity contribution in [2.45, 2.75) is 32.8 Å². The largest absolute Gasteiger partial charge is 0.392 e. The summed E-state index contributed by atoms with van der Waals surface area (Å²) in [7, 11) is 0. The molecule has 0 spiro atoms. The van der Waals surface area contributed by atoms with Gasteiger partial charge in [0.05, 0.1) is 17.1 Å². The smallest absolute Gasteiger partial charge is 0.266 e. The maximum absolute atomic E-state index is 12.4. The standard InChI is InChI=1S/C22H20ClNO2S/c1-3-12(2)13-4-6-14(7-5-13)18-15(11-25)10-17(23)20-19(18)16-8-9-27-21(16)22(26)24-20/h4-10,12,25H,3,11H2,1-2H3,(H,24,26). The van der Waals surface area contributed by atoms with Gasteiger partial charge in [0.25, 0.3) is 5.56 Å². The van der Waals surface area contributed by atoms with E-state index < -0.39 is 0 Å². The molecule has 0 fully saturated rings. The third-order valence-corrected chi connectivity index (χ3v) is 6.50. The Labute approximate surface area is 166 Å². The minimum absolute atomic E-state index is 0.122. The Hall–Kier alpha value is -2.14. The molecule has 1 unspecified atom stereocenters. The Morgan fingerprint density at radius 3 is 2.63 bits per heavy atom. The number of halogens is 1. The molecular formula is C22H20ClNO2S. The topological polar surface area (TPSA) is 53.1 Å². The van der Waals surface area contributed by atoms with Crippen LogP contribution in [-0.4, -0.2) is 10.1 Å². The van der Waals surface area contributed by atoms with E-state index in [0.717, 1.165) is 33.9 Å². The first-order valence-electron chi connectivity index (χ1n) is 9.00. The van der Waals surface area contributed by atoms with Crippen LogP contribution in [0.25, 0.3) is 32.1 Å². The summed E-state index contributed by atoms with van der Waals surface area (Å²) in [6.07, 6.45) is 1.09. The highest BCUT2D eigenvalue weighted by Gasteiger charge is 2.18. The van der Waals surface area contributed by atoms with Crippen molar-refractivity contribution < 1.29 is 5.11 Å². The lowest BCUT2D eigenvalue weighted by Crippen LogP contribution is -2.06. The highest BCUT2D eigenvalue weighted by Crippen LogP contribution is 2.40. The first-order chi connectivity index (χ1) is 13.0. The van der Waals surface area contributed by atoms with Crippen molar-refractivity contribution in [2.24, 2.45) is 0 Å². The molecule has 2 aromatic carbocycles. The van der Waals surface area contributed by atoms with Gasteiger partial charge in [-0.1, -0.05) is 49.7 Å². The van der Waals surface area contributed by atoms with Gasteiger partial charge >= 0.3 is 0 Å². The van der Waals surface area contributed by atoms with Crippen LogP contribution in [0.15, 0.2) is 46.6 Å². The maximum Gasteiger partial charge on any atom is 0.266 e. The summed E-state index contributed by atoms with van der Waals surface area (Å²) in [4.78, 5) is 15.3. The Balaban J connectivity index is 2.08. The van der Waals surface area contributed by atoms with Gasteiger partial charge in [0.15, 0.2) is 0 Å². The first kappa shape index (κ1) is 18.2. The van der Waals surface area contributed by atoms with E-state index in [-0.39, 0.29) is 12.2 Å². The van der Waals surface area contributed by atoms with Gasteiger partial charge in [-0.3, -0.25) is 4.79 Å². The van der Waals surface area contributed by atoms with Gasteiger partial charge in [-0.05, 0) is 52.1 Å². The summed E-state index contributed by atoms with van der Waals surface area (Å²) < 4.78 is 0.672. The average molecular weight is 398 g/mol. The summed E-state index contributed by atoms with van der Waals surface area (Å²) in [6, 6.07) is 12.2. The molecule has 0 amide bonds. The number of nitrogens with one attached hydrogen (secondary N) is 1. The van der Waals surface area contributed by atoms with Crippen molar-refractivity contribution in [3.63, 3.8) is 0 Å². The van der Waals surface area contributed by atoms with Gasteiger partial charge in [-0.25, -0.2) is 0 Å². The molecule has 4 aromatic rings. The Morgan fingerprint density at radius 1 is 1.22 bits per heavy atom. The SMILES string of the molecule is CCC(C)c1ccc(-c2c(CO)cc(Cl)c3[nH]c(=O)c4sccc4c23)cc1.